The highest BCUT2D eigenvalue weighted by Crippen LogP contribution is 2.18. The third kappa shape index (κ3) is 6.10. The van der Waals surface area contributed by atoms with E-state index in [1.54, 1.807) is 0 Å². The van der Waals surface area contributed by atoms with Crippen molar-refractivity contribution in [1.82, 2.24) is 24.9 Å². The number of likely N-dealkylation sites (N-methyl/N-ethyl adjacent to an activating group) is 1. The first-order valence-electron chi connectivity index (χ1n) is 9.66. The maximum Gasteiger partial charge on any atom is 0.194 e. The monoisotopic (exact) mass is 370 g/mol. The molecule has 27 heavy (non-hydrogen) atoms. The van der Waals surface area contributed by atoms with Gasteiger partial charge in [0.15, 0.2) is 5.96 Å². The zero-order chi connectivity index (χ0) is 19.8. The predicted molar refractivity (Wildman–Crippen MR) is 113 cm³/mol. The van der Waals surface area contributed by atoms with E-state index in [1.807, 2.05) is 17.9 Å². The van der Waals surface area contributed by atoms with Gasteiger partial charge in [0.25, 0.3) is 0 Å². The quantitative estimate of drug-likeness (QED) is 0.573. The SMILES string of the molecule is CCNC(=NCC(c1cnn(C)c1)N(C)C)N(C)Cc1ccc(CC)cc1. The van der Waals surface area contributed by atoms with Gasteiger partial charge in [-0.2, -0.15) is 5.10 Å². The lowest BCUT2D eigenvalue weighted by atomic mass is 10.1. The molecule has 0 amide bonds. The first-order valence-corrected chi connectivity index (χ1v) is 9.66. The number of nitrogens with zero attached hydrogens (tertiary/aromatic N) is 5. The molecule has 0 saturated carbocycles. The van der Waals surface area contributed by atoms with Gasteiger partial charge in [0.05, 0.1) is 18.8 Å². The van der Waals surface area contributed by atoms with Crippen molar-refractivity contribution in [3.63, 3.8) is 0 Å². The summed E-state index contributed by atoms with van der Waals surface area (Å²) in [6.45, 7) is 6.64. The lowest BCUT2D eigenvalue weighted by Gasteiger charge is -2.25. The van der Waals surface area contributed by atoms with Crippen LogP contribution in [0.3, 0.4) is 0 Å². The van der Waals surface area contributed by atoms with Crippen molar-refractivity contribution >= 4 is 5.96 Å². The molecule has 6 heteroatoms. The molecule has 0 spiro atoms. The van der Waals surface area contributed by atoms with E-state index in [1.165, 1.54) is 16.7 Å². The minimum absolute atomic E-state index is 0.199. The molecule has 2 aromatic rings. The summed E-state index contributed by atoms with van der Waals surface area (Å²) in [4.78, 5) is 9.27. The van der Waals surface area contributed by atoms with E-state index >= 15 is 0 Å². The van der Waals surface area contributed by atoms with Gasteiger partial charge >= 0.3 is 0 Å². The zero-order valence-corrected chi connectivity index (χ0v) is 17.6. The molecule has 1 atom stereocenters. The number of aromatic nitrogens is 2. The Bertz CT molecular complexity index is 717. The molecular weight excluding hydrogens is 336 g/mol. The fourth-order valence-electron chi connectivity index (χ4n) is 3.05. The second-order valence-corrected chi connectivity index (χ2v) is 7.15. The van der Waals surface area contributed by atoms with Crippen molar-refractivity contribution in [2.75, 3.05) is 34.2 Å². The molecule has 1 aromatic heterocycles. The van der Waals surface area contributed by atoms with Crippen LogP contribution in [-0.4, -0.2) is 59.8 Å². The summed E-state index contributed by atoms with van der Waals surface area (Å²) >= 11 is 0. The summed E-state index contributed by atoms with van der Waals surface area (Å²) in [5.41, 5.74) is 3.84. The van der Waals surface area contributed by atoms with Crippen LogP contribution in [0.5, 0.6) is 0 Å². The van der Waals surface area contributed by atoms with Crippen LogP contribution >= 0.6 is 0 Å². The smallest absolute Gasteiger partial charge is 0.194 e. The summed E-state index contributed by atoms with van der Waals surface area (Å²) in [5.74, 6) is 0.924. The standard InChI is InChI=1S/C21H34N6/c1-7-17-9-11-18(12-10-17)15-26(5)21(22-8-2)23-14-20(25(3)4)19-13-24-27(6)16-19/h9-13,16,20H,7-8,14-15H2,1-6H3,(H,22,23). The third-order valence-electron chi connectivity index (χ3n) is 4.69. The third-order valence-corrected chi connectivity index (χ3v) is 4.69. The van der Waals surface area contributed by atoms with E-state index < -0.39 is 0 Å². The Labute approximate surface area is 163 Å². The van der Waals surface area contributed by atoms with Crippen molar-refractivity contribution in [2.45, 2.75) is 32.9 Å². The Hall–Kier alpha value is -2.34. The van der Waals surface area contributed by atoms with Gasteiger partial charge < -0.3 is 15.1 Å². The van der Waals surface area contributed by atoms with Gasteiger partial charge in [0, 0.05) is 38.9 Å². The largest absolute Gasteiger partial charge is 0.357 e. The van der Waals surface area contributed by atoms with Crippen LogP contribution in [0.2, 0.25) is 0 Å². The molecule has 0 aliphatic rings. The molecule has 2 rings (SSSR count). The van der Waals surface area contributed by atoms with Gasteiger partial charge in [-0.3, -0.25) is 9.67 Å². The molecule has 6 nitrogen and oxygen atoms in total. The van der Waals surface area contributed by atoms with Crippen molar-refractivity contribution in [2.24, 2.45) is 12.0 Å². The molecular formula is C21H34N6. The molecule has 1 unspecified atom stereocenters. The molecule has 0 fully saturated rings. The second kappa shape index (κ2) is 10.1. The Balaban J connectivity index is 2.10. The van der Waals surface area contributed by atoms with Crippen LogP contribution in [-0.2, 0) is 20.0 Å². The lowest BCUT2D eigenvalue weighted by Crippen LogP contribution is -2.39. The van der Waals surface area contributed by atoms with Gasteiger partial charge in [0.2, 0.25) is 0 Å². The van der Waals surface area contributed by atoms with Crippen LogP contribution in [0.25, 0.3) is 0 Å². The second-order valence-electron chi connectivity index (χ2n) is 7.15. The highest BCUT2D eigenvalue weighted by molar-refractivity contribution is 5.79. The minimum Gasteiger partial charge on any atom is -0.357 e. The molecule has 148 valence electrons. The van der Waals surface area contributed by atoms with Gasteiger partial charge in [-0.25, -0.2) is 0 Å². The molecule has 0 saturated heterocycles. The Morgan fingerprint density at radius 2 is 1.81 bits per heavy atom. The Morgan fingerprint density at radius 3 is 2.33 bits per heavy atom. The summed E-state index contributed by atoms with van der Waals surface area (Å²) in [7, 11) is 8.20. The van der Waals surface area contributed by atoms with Crippen molar-refractivity contribution in [1.29, 1.82) is 0 Å². The van der Waals surface area contributed by atoms with Crippen LogP contribution in [0, 0.1) is 0 Å². The van der Waals surface area contributed by atoms with Crippen LogP contribution < -0.4 is 5.32 Å². The summed E-state index contributed by atoms with van der Waals surface area (Å²) in [6.07, 6.45) is 5.05. The highest BCUT2D eigenvalue weighted by Gasteiger charge is 2.16. The average Bonchev–Trinajstić information content (AvgIpc) is 3.07. The first-order chi connectivity index (χ1) is 12.9. The number of nitrogens with one attached hydrogen (secondary N) is 1. The number of guanidine groups is 1. The molecule has 0 aliphatic carbocycles. The zero-order valence-electron chi connectivity index (χ0n) is 17.6. The van der Waals surface area contributed by atoms with E-state index in [-0.39, 0.29) is 6.04 Å². The number of hydrogen-bond acceptors (Lipinski definition) is 3. The Kier molecular flexibility index (Phi) is 7.85. The fourth-order valence-corrected chi connectivity index (χ4v) is 3.05. The normalized spacial score (nSPS) is 13.1. The maximum atomic E-state index is 4.90. The molecule has 1 heterocycles. The molecule has 0 radical (unpaired) electrons. The number of aryl methyl sites for hydroxylation is 2. The van der Waals surface area contributed by atoms with Crippen LogP contribution in [0.15, 0.2) is 41.7 Å². The Morgan fingerprint density at radius 1 is 1.15 bits per heavy atom. The molecule has 0 aliphatic heterocycles. The van der Waals surface area contributed by atoms with Crippen molar-refractivity contribution < 1.29 is 0 Å². The van der Waals surface area contributed by atoms with E-state index in [9.17, 15) is 0 Å². The highest BCUT2D eigenvalue weighted by atomic mass is 15.3. The summed E-state index contributed by atoms with van der Waals surface area (Å²) in [5, 5.41) is 7.72. The number of hydrogen-bond donors (Lipinski definition) is 1. The summed E-state index contributed by atoms with van der Waals surface area (Å²) in [6, 6.07) is 9.02. The number of benzene rings is 1. The van der Waals surface area contributed by atoms with Gasteiger partial charge in [0.1, 0.15) is 0 Å². The van der Waals surface area contributed by atoms with Crippen LogP contribution in [0.1, 0.15) is 36.6 Å². The molecule has 0 bridgehead atoms. The predicted octanol–water partition coefficient (Wildman–Crippen LogP) is 2.68. The van der Waals surface area contributed by atoms with E-state index in [0.717, 1.165) is 25.5 Å². The number of rotatable bonds is 8. The molecule has 1 N–H and O–H groups in total. The van der Waals surface area contributed by atoms with Gasteiger partial charge in [-0.05, 0) is 38.6 Å². The lowest BCUT2D eigenvalue weighted by molar-refractivity contribution is 0.305. The number of aliphatic imine (C=N–C) groups is 1. The summed E-state index contributed by atoms with van der Waals surface area (Å²) < 4.78 is 1.84. The van der Waals surface area contributed by atoms with Crippen molar-refractivity contribution in [3.8, 4) is 0 Å². The topological polar surface area (TPSA) is 48.7 Å². The molecule has 1 aromatic carbocycles. The maximum absolute atomic E-state index is 4.90. The van der Waals surface area contributed by atoms with E-state index in [0.29, 0.717) is 6.54 Å². The van der Waals surface area contributed by atoms with Crippen molar-refractivity contribution in [3.05, 3.63) is 53.3 Å². The van der Waals surface area contributed by atoms with Gasteiger partial charge in [-0.1, -0.05) is 31.2 Å². The van der Waals surface area contributed by atoms with E-state index in [4.69, 9.17) is 4.99 Å². The first kappa shape index (κ1) is 21.0. The fraction of sp³-hybridized carbons (Fsp3) is 0.524. The average molecular weight is 371 g/mol. The van der Waals surface area contributed by atoms with E-state index in [2.05, 4.69) is 85.7 Å². The minimum atomic E-state index is 0.199. The van der Waals surface area contributed by atoms with Gasteiger partial charge in [-0.15, -0.1) is 0 Å². The van der Waals surface area contributed by atoms with Crippen LogP contribution in [0.4, 0.5) is 0 Å².